The molecule has 0 saturated carbocycles. The minimum Gasteiger partial charge on any atom is -0.497 e. The smallest absolute Gasteiger partial charge is 0.251 e. The van der Waals surface area contributed by atoms with Crippen molar-refractivity contribution in [1.29, 1.82) is 0 Å². The van der Waals surface area contributed by atoms with E-state index in [4.69, 9.17) is 4.74 Å². The highest BCUT2D eigenvalue weighted by Crippen LogP contribution is 2.20. The van der Waals surface area contributed by atoms with Crippen molar-refractivity contribution >= 4 is 21.8 Å². The second kappa shape index (κ2) is 6.78. The first-order chi connectivity index (χ1) is 8.60. The van der Waals surface area contributed by atoms with Gasteiger partial charge in [0.25, 0.3) is 5.91 Å². The lowest BCUT2D eigenvalue weighted by Crippen LogP contribution is -2.49. The molecule has 0 heterocycles. The standard InChI is InChI=1S/C14H20BrNO2/c1-4-14(5-2,10-15)16-13(17)11-7-6-8-12(9-11)18-3/h6-9H,4-5,10H2,1-3H3,(H,16,17). The van der Waals surface area contributed by atoms with Gasteiger partial charge in [0.15, 0.2) is 0 Å². The Morgan fingerprint density at radius 2 is 2.06 bits per heavy atom. The van der Waals surface area contributed by atoms with Crippen molar-refractivity contribution in [2.75, 3.05) is 12.4 Å². The van der Waals surface area contributed by atoms with E-state index in [0.717, 1.165) is 18.2 Å². The molecule has 0 aliphatic rings. The van der Waals surface area contributed by atoms with Crippen molar-refractivity contribution in [3.63, 3.8) is 0 Å². The van der Waals surface area contributed by atoms with Gasteiger partial charge in [-0.1, -0.05) is 35.8 Å². The topological polar surface area (TPSA) is 38.3 Å². The van der Waals surface area contributed by atoms with E-state index in [0.29, 0.717) is 11.3 Å². The summed E-state index contributed by atoms with van der Waals surface area (Å²) in [5.74, 6) is 0.636. The molecule has 0 radical (unpaired) electrons. The van der Waals surface area contributed by atoms with Crippen molar-refractivity contribution in [2.45, 2.75) is 32.2 Å². The number of halogens is 1. The first-order valence-corrected chi connectivity index (χ1v) is 7.25. The van der Waals surface area contributed by atoms with Crippen LogP contribution in [0.3, 0.4) is 0 Å². The average Bonchev–Trinajstić information content (AvgIpc) is 2.44. The van der Waals surface area contributed by atoms with Crippen LogP contribution in [-0.2, 0) is 0 Å². The molecule has 0 atom stereocenters. The Labute approximate surface area is 117 Å². The quantitative estimate of drug-likeness (QED) is 0.818. The number of nitrogens with one attached hydrogen (secondary N) is 1. The van der Waals surface area contributed by atoms with Crippen molar-refractivity contribution in [3.05, 3.63) is 29.8 Å². The molecule has 0 bridgehead atoms. The predicted octanol–water partition coefficient (Wildman–Crippen LogP) is 3.38. The van der Waals surface area contributed by atoms with E-state index in [9.17, 15) is 4.79 Å². The SMILES string of the molecule is CCC(CC)(CBr)NC(=O)c1cccc(OC)c1. The zero-order chi connectivity index (χ0) is 13.6. The van der Waals surface area contributed by atoms with Gasteiger partial charge in [0.1, 0.15) is 5.75 Å². The highest BCUT2D eigenvalue weighted by atomic mass is 79.9. The predicted molar refractivity (Wildman–Crippen MR) is 77.6 cm³/mol. The summed E-state index contributed by atoms with van der Waals surface area (Å²) in [6, 6.07) is 7.19. The van der Waals surface area contributed by atoms with Crippen molar-refractivity contribution in [3.8, 4) is 5.75 Å². The Bertz CT molecular complexity index is 394. The molecule has 18 heavy (non-hydrogen) atoms. The molecule has 1 rings (SSSR count). The van der Waals surface area contributed by atoms with Gasteiger partial charge in [0, 0.05) is 16.4 Å². The van der Waals surface area contributed by atoms with E-state index in [1.54, 1.807) is 19.2 Å². The van der Waals surface area contributed by atoms with Crippen LogP contribution in [0.1, 0.15) is 37.0 Å². The minimum absolute atomic E-state index is 0.0583. The number of rotatable bonds is 6. The van der Waals surface area contributed by atoms with Gasteiger partial charge >= 0.3 is 0 Å². The summed E-state index contributed by atoms with van der Waals surface area (Å²) >= 11 is 3.48. The molecular formula is C14H20BrNO2. The first kappa shape index (κ1) is 15.0. The number of carbonyl (C=O) groups is 1. The molecule has 1 amide bonds. The summed E-state index contributed by atoms with van der Waals surface area (Å²) in [7, 11) is 1.60. The molecule has 100 valence electrons. The van der Waals surface area contributed by atoms with Gasteiger partial charge in [-0.05, 0) is 31.0 Å². The van der Waals surface area contributed by atoms with E-state index in [1.807, 2.05) is 12.1 Å². The maximum absolute atomic E-state index is 12.2. The fourth-order valence-corrected chi connectivity index (χ4v) is 2.66. The van der Waals surface area contributed by atoms with Crippen LogP contribution >= 0.6 is 15.9 Å². The molecule has 3 nitrogen and oxygen atoms in total. The molecule has 0 aromatic heterocycles. The van der Waals surface area contributed by atoms with E-state index in [1.165, 1.54) is 0 Å². The van der Waals surface area contributed by atoms with Crippen LogP contribution in [0.4, 0.5) is 0 Å². The maximum Gasteiger partial charge on any atom is 0.251 e. The summed E-state index contributed by atoms with van der Waals surface area (Å²) in [6.45, 7) is 4.16. The van der Waals surface area contributed by atoms with Crippen molar-refractivity contribution in [1.82, 2.24) is 5.32 Å². The summed E-state index contributed by atoms with van der Waals surface area (Å²) in [5, 5.41) is 3.86. The summed E-state index contributed by atoms with van der Waals surface area (Å²) < 4.78 is 5.12. The third-order valence-corrected chi connectivity index (χ3v) is 4.39. The number of alkyl halides is 1. The van der Waals surface area contributed by atoms with E-state index >= 15 is 0 Å². The number of benzene rings is 1. The van der Waals surface area contributed by atoms with Crippen LogP contribution < -0.4 is 10.1 Å². The van der Waals surface area contributed by atoms with Gasteiger partial charge in [-0.15, -0.1) is 0 Å². The zero-order valence-electron chi connectivity index (χ0n) is 11.1. The number of methoxy groups -OCH3 is 1. The molecule has 1 aromatic carbocycles. The first-order valence-electron chi connectivity index (χ1n) is 6.13. The molecule has 0 unspecified atom stereocenters. The number of hydrogen-bond acceptors (Lipinski definition) is 2. The lowest BCUT2D eigenvalue weighted by molar-refractivity contribution is 0.0903. The minimum atomic E-state index is -0.180. The summed E-state index contributed by atoms with van der Waals surface area (Å²) in [4.78, 5) is 12.2. The average molecular weight is 314 g/mol. The third kappa shape index (κ3) is 3.48. The number of ether oxygens (including phenoxy) is 1. The number of carbonyl (C=O) groups excluding carboxylic acids is 1. The van der Waals surface area contributed by atoms with E-state index in [-0.39, 0.29) is 11.4 Å². The van der Waals surface area contributed by atoms with Crippen molar-refractivity contribution in [2.24, 2.45) is 0 Å². The summed E-state index contributed by atoms with van der Waals surface area (Å²) in [5.41, 5.74) is 0.446. The monoisotopic (exact) mass is 313 g/mol. The van der Waals surface area contributed by atoms with Crippen molar-refractivity contribution < 1.29 is 9.53 Å². The van der Waals surface area contributed by atoms with Gasteiger partial charge in [0.05, 0.1) is 7.11 Å². The lowest BCUT2D eigenvalue weighted by Gasteiger charge is -2.31. The molecule has 0 spiro atoms. The highest BCUT2D eigenvalue weighted by Gasteiger charge is 2.27. The third-order valence-electron chi connectivity index (χ3n) is 3.32. The van der Waals surface area contributed by atoms with Crippen LogP contribution in [0.2, 0.25) is 0 Å². The second-order valence-corrected chi connectivity index (χ2v) is 4.87. The van der Waals surface area contributed by atoms with Crippen LogP contribution in [0.15, 0.2) is 24.3 Å². The van der Waals surface area contributed by atoms with Crippen LogP contribution in [0, 0.1) is 0 Å². The molecule has 1 N–H and O–H groups in total. The van der Waals surface area contributed by atoms with Gasteiger partial charge in [-0.25, -0.2) is 0 Å². The van der Waals surface area contributed by atoms with E-state index in [2.05, 4.69) is 35.1 Å². The Morgan fingerprint density at radius 1 is 1.39 bits per heavy atom. The van der Waals surface area contributed by atoms with Gasteiger partial charge in [-0.2, -0.15) is 0 Å². The number of hydrogen-bond donors (Lipinski definition) is 1. The normalized spacial score (nSPS) is 11.1. The largest absolute Gasteiger partial charge is 0.497 e. The summed E-state index contributed by atoms with van der Waals surface area (Å²) in [6.07, 6.45) is 1.79. The van der Waals surface area contributed by atoms with Gasteiger partial charge in [0.2, 0.25) is 0 Å². The molecule has 4 heteroatoms. The molecule has 0 aliphatic heterocycles. The molecular weight excluding hydrogens is 294 g/mol. The van der Waals surface area contributed by atoms with Crippen LogP contribution in [0.5, 0.6) is 5.75 Å². The van der Waals surface area contributed by atoms with Crippen LogP contribution in [0.25, 0.3) is 0 Å². The Balaban J connectivity index is 2.86. The zero-order valence-corrected chi connectivity index (χ0v) is 12.7. The number of amides is 1. The van der Waals surface area contributed by atoms with Gasteiger partial charge in [-0.3, -0.25) is 4.79 Å². The Hall–Kier alpha value is -1.03. The fraction of sp³-hybridized carbons (Fsp3) is 0.500. The van der Waals surface area contributed by atoms with Gasteiger partial charge < -0.3 is 10.1 Å². The molecule has 0 aliphatic carbocycles. The Kier molecular flexibility index (Phi) is 5.66. The van der Waals surface area contributed by atoms with E-state index < -0.39 is 0 Å². The lowest BCUT2D eigenvalue weighted by atomic mass is 9.95. The Morgan fingerprint density at radius 3 is 2.56 bits per heavy atom. The molecule has 1 aromatic rings. The highest BCUT2D eigenvalue weighted by molar-refractivity contribution is 9.09. The maximum atomic E-state index is 12.2. The second-order valence-electron chi connectivity index (χ2n) is 4.31. The van der Waals surface area contributed by atoms with Crippen LogP contribution in [-0.4, -0.2) is 23.9 Å². The fourth-order valence-electron chi connectivity index (χ4n) is 1.73. The molecule has 0 saturated heterocycles. The molecule has 0 fully saturated rings.